The van der Waals surface area contributed by atoms with Gasteiger partial charge in [-0.25, -0.2) is 4.39 Å². The Bertz CT molecular complexity index is 833. The fourth-order valence-corrected chi connectivity index (χ4v) is 4.44. The number of ether oxygens (including phenoxy) is 1. The molecule has 0 aliphatic carbocycles. The summed E-state index contributed by atoms with van der Waals surface area (Å²) in [5, 5.41) is 0. The van der Waals surface area contributed by atoms with E-state index in [1.54, 1.807) is 0 Å². The highest BCUT2D eigenvalue weighted by atomic mass is 19.1. The molecule has 0 saturated carbocycles. The molecule has 0 N–H and O–H groups in total. The third kappa shape index (κ3) is 3.97. The van der Waals surface area contributed by atoms with Crippen LogP contribution in [0.25, 0.3) is 11.1 Å². The molecule has 3 nitrogen and oxygen atoms in total. The van der Waals surface area contributed by atoms with Crippen LogP contribution in [0.3, 0.4) is 0 Å². The standard InChI is InChI=1S/C24H30FNO2/c1-5-9-26(10-6-2)19-13-21-20(7-8-22(25)24(21)28-15-19)23-16(3)11-18(14-27)12-17(23)4/h7-8,11-12,14,19H,5-6,9-10,13,15H2,1-4H3/t19-/m1/s1. The van der Waals surface area contributed by atoms with E-state index in [1.807, 2.05) is 32.0 Å². The van der Waals surface area contributed by atoms with Crippen LogP contribution in [0.15, 0.2) is 24.3 Å². The molecule has 0 aromatic heterocycles. The molecule has 0 radical (unpaired) electrons. The van der Waals surface area contributed by atoms with E-state index in [2.05, 4.69) is 18.7 Å². The van der Waals surface area contributed by atoms with Crippen LogP contribution in [0, 0.1) is 19.7 Å². The molecule has 4 heteroatoms. The van der Waals surface area contributed by atoms with Crippen molar-refractivity contribution in [2.45, 2.75) is 53.0 Å². The van der Waals surface area contributed by atoms with Crippen LogP contribution in [0.1, 0.15) is 53.7 Å². The van der Waals surface area contributed by atoms with Crippen molar-refractivity contribution in [3.63, 3.8) is 0 Å². The van der Waals surface area contributed by atoms with Crippen molar-refractivity contribution in [3.05, 3.63) is 52.3 Å². The molecule has 3 rings (SSSR count). The highest BCUT2D eigenvalue weighted by molar-refractivity contribution is 5.82. The van der Waals surface area contributed by atoms with Crippen LogP contribution in [0.2, 0.25) is 0 Å². The van der Waals surface area contributed by atoms with Gasteiger partial charge in [0.25, 0.3) is 0 Å². The summed E-state index contributed by atoms with van der Waals surface area (Å²) < 4.78 is 20.5. The monoisotopic (exact) mass is 383 g/mol. The highest BCUT2D eigenvalue weighted by Gasteiger charge is 2.29. The smallest absolute Gasteiger partial charge is 0.165 e. The molecule has 1 atom stereocenters. The van der Waals surface area contributed by atoms with Crippen LogP contribution >= 0.6 is 0 Å². The van der Waals surface area contributed by atoms with Crippen LogP contribution in [-0.4, -0.2) is 36.9 Å². The van der Waals surface area contributed by atoms with Crippen molar-refractivity contribution in [2.24, 2.45) is 0 Å². The summed E-state index contributed by atoms with van der Waals surface area (Å²) in [6.45, 7) is 11.0. The van der Waals surface area contributed by atoms with Crippen LogP contribution in [0.4, 0.5) is 4.39 Å². The first-order chi connectivity index (χ1) is 13.5. The first kappa shape index (κ1) is 20.5. The van der Waals surface area contributed by atoms with E-state index in [4.69, 9.17) is 4.74 Å². The molecular weight excluding hydrogens is 353 g/mol. The average molecular weight is 384 g/mol. The highest BCUT2D eigenvalue weighted by Crippen LogP contribution is 2.40. The number of rotatable bonds is 7. The van der Waals surface area contributed by atoms with Crippen LogP contribution < -0.4 is 4.74 Å². The normalized spacial score (nSPS) is 16.0. The van der Waals surface area contributed by atoms with Gasteiger partial charge in [-0.05, 0) is 86.7 Å². The number of halogens is 1. The number of benzene rings is 2. The lowest BCUT2D eigenvalue weighted by Crippen LogP contribution is -2.44. The van der Waals surface area contributed by atoms with Gasteiger partial charge in [-0.15, -0.1) is 0 Å². The van der Waals surface area contributed by atoms with E-state index in [-0.39, 0.29) is 11.9 Å². The van der Waals surface area contributed by atoms with E-state index < -0.39 is 0 Å². The molecule has 28 heavy (non-hydrogen) atoms. The second-order valence-corrected chi connectivity index (χ2v) is 7.76. The Kier molecular flexibility index (Phi) is 6.50. The maximum absolute atomic E-state index is 14.5. The van der Waals surface area contributed by atoms with E-state index in [0.29, 0.717) is 17.9 Å². The van der Waals surface area contributed by atoms with Crippen molar-refractivity contribution >= 4 is 6.29 Å². The van der Waals surface area contributed by atoms with Gasteiger partial charge in [0.15, 0.2) is 11.6 Å². The molecule has 2 aromatic carbocycles. The summed E-state index contributed by atoms with van der Waals surface area (Å²) in [6.07, 6.45) is 3.82. The Morgan fingerprint density at radius 1 is 1.14 bits per heavy atom. The Morgan fingerprint density at radius 3 is 2.36 bits per heavy atom. The zero-order valence-electron chi connectivity index (χ0n) is 17.3. The number of nitrogens with zero attached hydrogens (tertiary/aromatic N) is 1. The Balaban J connectivity index is 2.07. The van der Waals surface area contributed by atoms with Crippen molar-refractivity contribution < 1.29 is 13.9 Å². The fourth-order valence-electron chi connectivity index (χ4n) is 4.44. The zero-order valence-corrected chi connectivity index (χ0v) is 17.3. The SMILES string of the molecule is CCCN(CCC)[C@H]1COc2c(F)ccc(-c3c(C)cc(C=O)cc3C)c2C1. The number of carbonyl (C=O) groups is 1. The van der Waals surface area contributed by atoms with Gasteiger partial charge in [-0.3, -0.25) is 9.69 Å². The van der Waals surface area contributed by atoms with Gasteiger partial charge < -0.3 is 4.74 Å². The fraction of sp³-hybridized carbons (Fsp3) is 0.458. The lowest BCUT2D eigenvalue weighted by atomic mass is 9.87. The van der Waals surface area contributed by atoms with Crippen molar-refractivity contribution in [1.29, 1.82) is 0 Å². The van der Waals surface area contributed by atoms with Crippen LogP contribution in [0.5, 0.6) is 5.75 Å². The van der Waals surface area contributed by atoms with Crippen LogP contribution in [-0.2, 0) is 6.42 Å². The summed E-state index contributed by atoms with van der Waals surface area (Å²) in [5.41, 5.74) is 5.75. The van der Waals surface area contributed by atoms with Gasteiger partial charge in [0.05, 0.1) is 0 Å². The van der Waals surface area contributed by atoms with E-state index in [0.717, 1.165) is 66.5 Å². The van der Waals surface area contributed by atoms with Crippen molar-refractivity contribution in [1.82, 2.24) is 4.90 Å². The van der Waals surface area contributed by atoms with Crippen molar-refractivity contribution in [2.75, 3.05) is 19.7 Å². The van der Waals surface area contributed by atoms with E-state index in [1.165, 1.54) is 6.07 Å². The molecule has 0 unspecified atom stereocenters. The van der Waals surface area contributed by atoms with Gasteiger partial charge in [0.1, 0.15) is 12.9 Å². The molecule has 0 spiro atoms. The average Bonchev–Trinajstić information content (AvgIpc) is 2.68. The molecule has 0 bridgehead atoms. The minimum Gasteiger partial charge on any atom is -0.489 e. The molecule has 1 heterocycles. The number of aryl methyl sites for hydroxylation is 2. The summed E-state index contributed by atoms with van der Waals surface area (Å²) in [5.74, 6) is 0.0921. The molecule has 0 fully saturated rings. The lowest BCUT2D eigenvalue weighted by molar-refractivity contribution is 0.112. The number of fused-ring (bicyclic) bond motifs is 1. The third-order valence-corrected chi connectivity index (χ3v) is 5.57. The number of hydrogen-bond donors (Lipinski definition) is 0. The topological polar surface area (TPSA) is 29.5 Å². The lowest BCUT2D eigenvalue weighted by Gasteiger charge is -2.36. The molecule has 1 aliphatic rings. The van der Waals surface area contributed by atoms with Crippen molar-refractivity contribution in [3.8, 4) is 16.9 Å². The second-order valence-electron chi connectivity index (χ2n) is 7.76. The third-order valence-electron chi connectivity index (χ3n) is 5.57. The molecular formula is C24H30FNO2. The van der Waals surface area contributed by atoms with E-state index >= 15 is 0 Å². The van der Waals surface area contributed by atoms with E-state index in [9.17, 15) is 9.18 Å². The minimum atomic E-state index is -0.297. The number of aldehydes is 1. The Morgan fingerprint density at radius 2 is 1.79 bits per heavy atom. The summed E-state index contributed by atoms with van der Waals surface area (Å²) in [6, 6.07) is 7.40. The van der Waals surface area contributed by atoms with Gasteiger partial charge in [-0.2, -0.15) is 0 Å². The maximum atomic E-state index is 14.5. The number of hydrogen-bond acceptors (Lipinski definition) is 3. The summed E-state index contributed by atoms with van der Waals surface area (Å²) in [7, 11) is 0. The zero-order chi connectivity index (χ0) is 20.3. The molecule has 150 valence electrons. The quantitative estimate of drug-likeness (QED) is 0.604. The summed E-state index contributed by atoms with van der Waals surface area (Å²) in [4.78, 5) is 13.7. The predicted octanol–water partition coefficient (Wildman–Crippen LogP) is 5.35. The summed E-state index contributed by atoms with van der Waals surface area (Å²) >= 11 is 0. The Hall–Kier alpha value is -2.20. The Labute approximate surface area is 167 Å². The van der Waals surface area contributed by atoms with Gasteiger partial charge in [0, 0.05) is 17.2 Å². The first-order valence-corrected chi connectivity index (χ1v) is 10.2. The van der Waals surface area contributed by atoms with Gasteiger partial charge in [0.2, 0.25) is 0 Å². The first-order valence-electron chi connectivity index (χ1n) is 10.2. The minimum absolute atomic E-state index is 0.253. The molecule has 0 saturated heterocycles. The largest absolute Gasteiger partial charge is 0.489 e. The molecule has 1 aliphatic heterocycles. The molecule has 0 amide bonds. The predicted molar refractivity (Wildman–Crippen MR) is 112 cm³/mol. The molecule has 2 aromatic rings. The maximum Gasteiger partial charge on any atom is 0.165 e. The van der Waals surface area contributed by atoms with Gasteiger partial charge >= 0.3 is 0 Å². The number of carbonyl (C=O) groups excluding carboxylic acids is 1. The van der Waals surface area contributed by atoms with Gasteiger partial charge in [-0.1, -0.05) is 19.9 Å². The second kappa shape index (κ2) is 8.87.